The number of allylic oxidation sites excluding steroid dienone is 2. The van der Waals surface area contributed by atoms with Crippen molar-refractivity contribution in [2.75, 3.05) is 0 Å². The summed E-state index contributed by atoms with van der Waals surface area (Å²) in [5, 5.41) is 12.1. The zero-order chi connectivity index (χ0) is 24.4. The van der Waals surface area contributed by atoms with Crippen LogP contribution >= 0.6 is 0 Å². The Labute approximate surface area is 203 Å². The van der Waals surface area contributed by atoms with Gasteiger partial charge in [-0.2, -0.15) is 0 Å². The molecule has 1 amide bonds. The molecule has 3 N–H and O–H groups in total. The highest BCUT2D eigenvalue weighted by Gasteiger charge is 2.21. The van der Waals surface area contributed by atoms with E-state index in [0.717, 1.165) is 40.6 Å². The minimum atomic E-state index is -0.994. The number of aromatic carboxylic acids is 1. The van der Waals surface area contributed by atoms with Crippen molar-refractivity contribution < 1.29 is 14.7 Å². The lowest BCUT2D eigenvalue weighted by Gasteiger charge is -2.16. The predicted octanol–water partition coefficient (Wildman–Crippen LogP) is 6.11. The first kappa shape index (κ1) is 22.6. The summed E-state index contributed by atoms with van der Waals surface area (Å²) in [7, 11) is 0. The van der Waals surface area contributed by atoms with Crippen LogP contribution in [0.1, 0.15) is 66.0 Å². The van der Waals surface area contributed by atoms with Crippen molar-refractivity contribution in [1.29, 1.82) is 0 Å². The maximum absolute atomic E-state index is 12.0. The molecule has 1 aliphatic carbocycles. The summed E-state index contributed by atoms with van der Waals surface area (Å²) >= 11 is 0. The number of amides is 1. The molecule has 0 bridgehead atoms. The van der Waals surface area contributed by atoms with E-state index in [4.69, 9.17) is 4.98 Å². The Morgan fingerprint density at radius 2 is 1.71 bits per heavy atom. The molecule has 0 saturated heterocycles. The zero-order valence-corrected chi connectivity index (χ0v) is 19.5. The number of nitrogens with zero attached hydrogens (tertiary/aromatic N) is 1. The quantitative estimate of drug-likeness (QED) is 0.320. The lowest BCUT2D eigenvalue weighted by Crippen LogP contribution is -2.27. The molecule has 6 heteroatoms. The van der Waals surface area contributed by atoms with Crippen molar-refractivity contribution in [3.05, 3.63) is 95.3 Å². The molecule has 35 heavy (non-hydrogen) atoms. The van der Waals surface area contributed by atoms with Crippen molar-refractivity contribution in [1.82, 2.24) is 15.3 Å². The van der Waals surface area contributed by atoms with Gasteiger partial charge >= 0.3 is 5.97 Å². The predicted molar refractivity (Wildman–Crippen MR) is 137 cm³/mol. The summed E-state index contributed by atoms with van der Waals surface area (Å²) in [6.07, 6.45) is 7.16. The molecular formula is C29H27N3O3. The smallest absolute Gasteiger partial charge is 0.335 e. The van der Waals surface area contributed by atoms with Crippen molar-refractivity contribution >= 4 is 28.5 Å². The van der Waals surface area contributed by atoms with E-state index in [1.165, 1.54) is 43.0 Å². The lowest BCUT2D eigenvalue weighted by atomic mass is 9.92. The molecule has 1 atom stereocenters. The molecule has 3 aromatic carbocycles. The number of carbonyl (C=O) groups is 2. The third kappa shape index (κ3) is 4.73. The van der Waals surface area contributed by atoms with Crippen LogP contribution in [0.25, 0.3) is 27.7 Å². The Kier molecular flexibility index (Phi) is 6.19. The van der Waals surface area contributed by atoms with Crippen LogP contribution < -0.4 is 5.32 Å². The highest BCUT2D eigenvalue weighted by molar-refractivity contribution is 5.92. The van der Waals surface area contributed by atoms with Crippen LogP contribution in [0.3, 0.4) is 0 Å². The average molecular weight is 466 g/mol. The number of carboxylic acid groups (broad SMARTS) is 1. The highest BCUT2D eigenvalue weighted by atomic mass is 16.4. The van der Waals surface area contributed by atoms with Crippen molar-refractivity contribution in [2.24, 2.45) is 0 Å². The summed E-state index contributed by atoms with van der Waals surface area (Å²) in [6.45, 7) is 1.45. The van der Waals surface area contributed by atoms with Gasteiger partial charge < -0.3 is 15.4 Å². The molecule has 6 nitrogen and oxygen atoms in total. The fourth-order valence-electron chi connectivity index (χ4n) is 4.72. The number of imidazole rings is 1. The van der Waals surface area contributed by atoms with Crippen molar-refractivity contribution in [2.45, 2.75) is 38.6 Å². The number of hydrogen-bond donors (Lipinski definition) is 3. The van der Waals surface area contributed by atoms with Gasteiger partial charge in [0.15, 0.2) is 0 Å². The number of fused-ring (bicyclic) bond motifs is 1. The third-order valence-corrected chi connectivity index (χ3v) is 6.50. The molecule has 0 radical (unpaired) electrons. The lowest BCUT2D eigenvalue weighted by molar-refractivity contribution is -0.119. The Bertz CT molecular complexity index is 1420. The zero-order valence-electron chi connectivity index (χ0n) is 19.5. The maximum Gasteiger partial charge on any atom is 0.335 e. The van der Waals surface area contributed by atoms with Crippen LogP contribution in [0.15, 0.2) is 72.8 Å². The molecule has 176 valence electrons. The van der Waals surface area contributed by atoms with E-state index in [9.17, 15) is 14.7 Å². The Balaban J connectivity index is 1.52. The molecule has 0 spiro atoms. The van der Waals surface area contributed by atoms with Crippen molar-refractivity contribution in [3.63, 3.8) is 0 Å². The van der Waals surface area contributed by atoms with E-state index in [1.54, 1.807) is 12.1 Å². The molecule has 0 aliphatic heterocycles. The summed E-state index contributed by atoms with van der Waals surface area (Å²) in [6, 6.07) is 20.6. The first-order valence-electron chi connectivity index (χ1n) is 11.9. The number of para-hydroxylation sites is 1. The van der Waals surface area contributed by atoms with Gasteiger partial charge in [-0.05, 0) is 66.1 Å². The van der Waals surface area contributed by atoms with E-state index in [0.29, 0.717) is 5.82 Å². The van der Waals surface area contributed by atoms with Gasteiger partial charge in [0.1, 0.15) is 11.9 Å². The standard InChI is InChI=1S/C29H27N3O3/c1-18(33)30-26(22-14-16-23(17-15-22)29(34)35)28-31-25-9-5-8-24(27(25)32-28)21-12-10-20(11-13-21)19-6-3-2-4-7-19/h5-6,8-17,26H,2-4,7H2,1H3,(H,30,33)(H,31,32)(H,34,35). The number of carbonyl (C=O) groups excluding carboxylic acids is 1. The molecule has 0 saturated carbocycles. The molecule has 4 aromatic rings. The SMILES string of the molecule is CC(=O)NC(c1ccc(C(=O)O)cc1)c1nc2c(-c3ccc(C4=CCCCC4)cc3)cccc2[nH]1. The number of hydrogen-bond acceptors (Lipinski definition) is 3. The number of rotatable bonds is 6. The van der Waals surface area contributed by atoms with E-state index < -0.39 is 12.0 Å². The molecule has 1 aromatic heterocycles. The van der Waals surface area contributed by atoms with Gasteiger partial charge in [0.2, 0.25) is 5.91 Å². The van der Waals surface area contributed by atoms with E-state index in [1.807, 2.05) is 12.1 Å². The Morgan fingerprint density at radius 3 is 2.37 bits per heavy atom. The summed E-state index contributed by atoms with van der Waals surface area (Å²) in [5.41, 5.74) is 7.42. The van der Waals surface area contributed by atoms with Gasteiger partial charge in [-0.15, -0.1) is 0 Å². The second-order valence-corrected chi connectivity index (χ2v) is 8.94. The maximum atomic E-state index is 12.0. The number of carboxylic acids is 1. The first-order valence-corrected chi connectivity index (χ1v) is 11.9. The highest BCUT2D eigenvalue weighted by Crippen LogP contribution is 2.32. The fourth-order valence-corrected chi connectivity index (χ4v) is 4.72. The monoisotopic (exact) mass is 465 g/mol. The third-order valence-electron chi connectivity index (χ3n) is 6.50. The summed E-state index contributed by atoms with van der Waals surface area (Å²) < 4.78 is 0. The van der Waals surface area contributed by atoms with Crippen LogP contribution in [-0.4, -0.2) is 27.0 Å². The van der Waals surface area contributed by atoms with Crippen molar-refractivity contribution in [3.8, 4) is 11.1 Å². The van der Waals surface area contributed by atoms with Gasteiger partial charge in [0.05, 0.1) is 16.6 Å². The van der Waals surface area contributed by atoms with Crippen LogP contribution in [0.2, 0.25) is 0 Å². The summed E-state index contributed by atoms with van der Waals surface area (Å²) in [5.74, 6) is -0.605. The largest absolute Gasteiger partial charge is 0.478 e. The number of aromatic amines is 1. The van der Waals surface area contributed by atoms with Crippen LogP contribution in [0.5, 0.6) is 0 Å². The number of benzene rings is 3. The van der Waals surface area contributed by atoms with Gasteiger partial charge in [-0.1, -0.05) is 54.6 Å². The van der Waals surface area contributed by atoms with Gasteiger partial charge in [-0.3, -0.25) is 4.79 Å². The van der Waals surface area contributed by atoms with Gasteiger partial charge in [0, 0.05) is 12.5 Å². The number of H-pyrrole nitrogens is 1. The van der Waals surface area contributed by atoms with Crippen LogP contribution in [0, 0.1) is 0 Å². The summed E-state index contributed by atoms with van der Waals surface area (Å²) in [4.78, 5) is 31.5. The fraction of sp³-hybridized carbons (Fsp3) is 0.207. The average Bonchev–Trinajstić information content (AvgIpc) is 3.32. The molecule has 1 unspecified atom stereocenters. The first-order chi connectivity index (χ1) is 17.0. The van der Waals surface area contributed by atoms with E-state index in [2.05, 4.69) is 46.7 Å². The second kappa shape index (κ2) is 9.58. The number of nitrogens with one attached hydrogen (secondary N) is 2. The van der Waals surface area contributed by atoms with Gasteiger partial charge in [0.25, 0.3) is 0 Å². The van der Waals surface area contributed by atoms with Gasteiger partial charge in [-0.25, -0.2) is 9.78 Å². The van der Waals surface area contributed by atoms with Crippen LogP contribution in [0.4, 0.5) is 0 Å². The second-order valence-electron chi connectivity index (χ2n) is 8.94. The van der Waals surface area contributed by atoms with E-state index >= 15 is 0 Å². The minimum Gasteiger partial charge on any atom is -0.478 e. The van der Waals surface area contributed by atoms with E-state index in [-0.39, 0.29) is 11.5 Å². The molecular weight excluding hydrogens is 438 g/mol. The Morgan fingerprint density at radius 1 is 0.971 bits per heavy atom. The van der Waals surface area contributed by atoms with Crippen LogP contribution in [-0.2, 0) is 4.79 Å². The molecule has 1 heterocycles. The number of aromatic nitrogens is 2. The molecule has 1 aliphatic rings. The molecule has 0 fully saturated rings. The normalized spacial score (nSPS) is 14.4. The topological polar surface area (TPSA) is 95.1 Å². The Hall–Kier alpha value is -4.19. The molecule has 5 rings (SSSR count). The minimum absolute atomic E-state index is 0.189.